The minimum atomic E-state index is -0.0727. The number of rotatable bonds is 4. The number of piperidine rings is 1. The number of esters is 1. The van der Waals surface area contributed by atoms with Crippen LogP contribution >= 0.6 is 12.4 Å². The van der Waals surface area contributed by atoms with Crippen LogP contribution in [0.2, 0.25) is 0 Å². The summed E-state index contributed by atoms with van der Waals surface area (Å²) in [7, 11) is 1.47. The average Bonchev–Trinajstić information content (AvgIpc) is 2.42. The van der Waals surface area contributed by atoms with Crippen LogP contribution in [0, 0.1) is 5.92 Å². The van der Waals surface area contributed by atoms with E-state index in [1.54, 1.807) is 0 Å². The summed E-state index contributed by atoms with van der Waals surface area (Å²) in [6, 6.07) is 10.5. The van der Waals surface area contributed by atoms with E-state index in [4.69, 9.17) is 4.74 Å². The Bertz CT molecular complexity index is 375. The van der Waals surface area contributed by atoms with E-state index in [1.807, 2.05) is 6.07 Å². The lowest BCUT2D eigenvalue weighted by Gasteiger charge is -2.31. The summed E-state index contributed by atoms with van der Waals surface area (Å²) in [6.07, 6.45) is 2.78. The fourth-order valence-electron chi connectivity index (χ4n) is 2.51. The minimum Gasteiger partial charge on any atom is -0.469 e. The second kappa shape index (κ2) is 8.18. The Balaban J connectivity index is 0.00000180. The summed E-state index contributed by atoms with van der Waals surface area (Å²) in [4.78, 5) is 13.7. The van der Waals surface area contributed by atoms with Gasteiger partial charge >= 0.3 is 5.97 Å². The molecule has 1 aliphatic heterocycles. The minimum absolute atomic E-state index is 0. The molecule has 0 amide bonds. The van der Waals surface area contributed by atoms with E-state index in [-0.39, 0.29) is 18.4 Å². The van der Waals surface area contributed by atoms with Gasteiger partial charge < -0.3 is 4.74 Å². The lowest BCUT2D eigenvalue weighted by molar-refractivity contribution is -0.142. The van der Waals surface area contributed by atoms with Crippen molar-refractivity contribution in [3.05, 3.63) is 35.9 Å². The first-order valence-electron chi connectivity index (χ1n) is 6.61. The van der Waals surface area contributed by atoms with E-state index in [0.29, 0.717) is 12.3 Å². The zero-order chi connectivity index (χ0) is 12.8. The van der Waals surface area contributed by atoms with E-state index in [0.717, 1.165) is 32.5 Å². The highest BCUT2D eigenvalue weighted by molar-refractivity contribution is 5.85. The molecule has 0 saturated carbocycles. The Hall–Kier alpha value is -1.06. The van der Waals surface area contributed by atoms with Gasteiger partial charge in [-0.05, 0) is 37.4 Å². The molecular weight excluding hydrogens is 262 g/mol. The smallest absolute Gasteiger partial charge is 0.305 e. The van der Waals surface area contributed by atoms with Gasteiger partial charge in [0.1, 0.15) is 0 Å². The first-order chi connectivity index (χ1) is 8.78. The van der Waals surface area contributed by atoms with Crippen LogP contribution in [0.5, 0.6) is 0 Å². The number of ether oxygens (including phenoxy) is 1. The summed E-state index contributed by atoms with van der Waals surface area (Å²) in [5, 5.41) is 0. The van der Waals surface area contributed by atoms with E-state index < -0.39 is 0 Å². The number of nitrogens with zero attached hydrogens (tertiary/aromatic N) is 1. The maximum Gasteiger partial charge on any atom is 0.305 e. The molecule has 0 aliphatic carbocycles. The third kappa shape index (κ3) is 5.21. The molecular formula is C15H22ClNO2. The Morgan fingerprint density at radius 2 is 1.89 bits per heavy atom. The molecule has 0 atom stereocenters. The fourth-order valence-corrected chi connectivity index (χ4v) is 2.51. The molecule has 1 fully saturated rings. The van der Waals surface area contributed by atoms with Crippen molar-refractivity contribution in [2.24, 2.45) is 5.92 Å². The summed E-state index contributed by atoms with van der Waals surface area (Å²) < 4.78 is 4.72. The second-order valence-corrected chi connectivity index (χ2v) is 4.99. The largest absolute Gasteiger partial charge is 0.469 e. The summed E-state index contributed by atoms with van der Waals surface area (Å²) in [5.41, 5.74) is 1.36. The van der Waals surface area contributed by atoms with Gasteiger partial charge in [-0.15, -0.1) is 12.4 Å². The second-order valence-electron chi connectivity index (χ2n) is 4.99. The molecule has 1 aromatic rings. The predicted molar refractivity (Wildman–Crippen MR) is 78.3 cm³/mol. The quantitative estimate of drug-likeness (QED) is 0.796. The summed E-state index contributed by atoms with van der Waals surface area (Å²) in [5.74, 6) is 0.431. The van der Waals surface area contributed by atoms with Gasteiger partial charge in [0.05, 0.1) is 7.11 Å². The van der Waals surface area contributed by atoms with E-state index >= 15 is 0 Å². The number of hydrogen-bond acceptors (Lipinski definition) is 3. The molecule has 0 spiro atoms. The van der Waals surface area contributed by atoms with Crippen LogP contribution in [0.4, 0.5) is 0 Å². The Labute approximate surface area is 121 Å². The Kier molecular flexibility index (Phi) is 6.89. The average molecular weight is 284 g/mol. The number of carbonyl (C=O) groups is 1. The molecule has 1 saturated heterocycles. The van der Waals surface area contributed by atoms with Gasteiger partial charge in [0.2, 0.25) is 0 Å². The van der Waals surface area contributed by atoms with Gasteiger partial charge in [0.15, 0.2) is 0 Å². The van der Waals surface area contributed by atoms with Crippen LogP contribution in [0.15, 0.2) is 30.3 Å². The highest BCUT2D eigenvalue weighted by Crippen LogP contribution is 2.22. The lowest BCUT2D eigenvalue weighted by atomic mass is 9.93. The molecule has 2 rings (SSSR count). The molecule has 1 aliphatic rings. The highest BCUT2D eigenvalue weighted by atomic mass is 35.5. The molecule has 106 valence electrons. The normalized spacial score (nSPS) is 16.7. The standard InChI is InChI=1S/C15H21NO2.ClH/c1-18-15(17)11-13-7-9-16(10-8-13)12-14-5-3-2-4-6-14;/h2-6,13H,7-12H2,1H3;1H. The van der Waals surface area contributed by atoms with Crippen LogP contribution < -0.4 is 0 Å². The predicted octanol–water partition coefficient (Wildman–Crippen LogP) is 2.88. The molecule has 0 bridgehead atoms. The van der Waals surface area contributed by atoms with Gasteiger partial charge in [-0.3, -0.25) is 9.69 Å². The van der Waals surface area contributed by atoms with Crippen LogP contribution in [0.3, 0.4) is 0 Å². The maximum atomic E-state index is 11.2. The number of likely N-dealkylation sites (tertiary alicyclic amines) is 1. The lowest BCUT2D eigenvalue weighted by Crippen LogP contribution is -2.34. The molecule has 0 aromatic heterocycles. The molecule has 0 N–H and O–H groups in total. The van der Waals surface area contributed by atoms with Gasteiger partial charge in [0, 0.05) is 13.0 Å². The number of benzene rings is 1. The molecule has 3 nitrogen and oxygen atoms in total. The molecule has 0 unspecified atom stereocenters. The third-order valence-electron chi connectivity index (χ3n) is 3.64. The Morgan fingerprint density at radius 3 is 2.47 bits per heavy atom. The fraction of sp³-hybridized carbons (Fsp3) is 0.533. The molecule has 19 heavy (non-hydrogen) atoms. The molecule has 4 heteroatoms. The summed E-state index contributed by atoms with van der Waals surface area (Å²) >= 11 is 0. The van der Waals surface area contributed by atoms with Gasteiger partial charge in [0.25, 0.3) is 0 Å². The van der Waals surface area contributed by atoms with Crippen molar-refractivity contribution < 1.29 is 9.53 Å². The topological polar surface area (TPSA) is 29.5 Å². The molecule has 1 heterocycles. The van der Waals surface area contributed by atoms with Crippen molar-refractivity contribution in [3.63, 3.8) is 0 Å². The highest BCUT2D eigenvalue weighted by Gasteiger charge is 2.21. The van der Waals surface area contributed by atoms with Crippen LogP contribution in [0.25, 0.3) is 0 Å². The van der Waals surface area contributed by atoms with Crippen molar-refractivity contribution in [1.29, 1.82) is 0 Å². The van der Waals surface area contributed by atoms with Crippen molar-refractivity contribution in [3.8, 4) is 0 Å². The first kappa shape index (κ1) is 16.0. The van der Waals surface area contributed by atoms with E-state index in [9.17, 15) is 4.79 Å². The van der Waals surface area contributed by atoms with Crippen molar-refractivity contribution >= 4 is 18.4 Å². The summed E-state index contributed by atoms with van der Waals surface area (Å²) in [6.45, 7) is 3.18. The van der Waals surface area contributed by atoms with E-state index in [2.05, 4.69) is 29.2 Å². The zero-order valence-electron chi connectivity index (χ0n) is 11.4. The Morgan fingerprint density at radius 1 is 1.26 bits per heavy atom. The van der Waals surface area contributed by atoms with Crippen LogP contribution in [-0.4, -0.2) is 31.1 Å². The van der Waals surface area contributed by atoms with Gasteiger partial charge in [-0.25, -0.2) is 0 Å². The molecule has 0 radical (unpaired) electrons. The third-order valence-corrected chi connectivity index (χ3v) is 3.64. The van der Waals surface area contributed by atoms with Crippen molar-refractivity contribution in [1.82, 2.24) is 4.90 Å². The van der Waals surface area contributed by atoms with Gasteiger partial charge in [-0.2, -0.15) is 0 Å². The maximum absolute atomic E-state index is 11.2. The van der Waals surface area contributed by atoms with Crippen LogP contribution in [-0.2, 0) is 16.1 Å². The van der Waals surface area contributed by atoms with Crippen molar-refractivity contribution in [2.75, 3.05) is 20.2 Å². The monoisotopic (exact) mass is 283 g/mol. The SMILES string of the molecule is COC(=O)CC1CCN(Cc2ccccc2)CC1.Cl. The van der Waals surface area contributed by atoms with E-state index in [1.165, 1.54) is 12.7 Å². The number of methoxy groups -OCH3 is 1. The number of carbonyl (C=O) groups excluding carboxylic acids is 1. The van der Waals surface area contributed by atoms with Crippen molar-refractivity contribution in [2.45, 2.75) is 25.8 Å². The molecule has 1 aromatic carbocycles. The van der Waals surface area contributed by atoms with Crippen LogP contribution in [0.1, 0.15) is 24.8 Å². The van der Waals surface area contributed by atoms with Gasteiger partial charge in [-0.1, -0.05) is 30.3 Å². The number of hydrogen-bond donors (Lipinski definition) is 0. The number of halogens is 1. The zero-order valence-corrected chi connectivity index (χ0v) is 12.2. The first-order valence-corrected chi connectivity index (χ1v) is 6.61.